The Balaban J connectivity index is 1.62. The number of hydrogen-bond acceptors (Lipinski definition) is 6. The Morgan fingerprint density at radius 1 is 1.28 bits per heavy atom. The number of benzene rings is 1. The summed E-state index contributed by atoms with van der Waals surface area (Å²) in [5, 5.41) is 10.0. The molecule has 0 spiro atoms. The molecular weight excluding hydrogens is 386 g/mol. The number of carbonyl (C=O) groups excluding carboxylic acids is 1. The van der Waals surface area contributed by atoms with Crippen LogP contribution >= 0.6 is 11.3 Å². The van der Waals surface area contributed by atoms with Crippen molar-refractivity contribution in [3.05, 3.63) is 59.1 Å². The van der Waals surface area contributed by atoms with E-state index >= 15 is 0 Å². The van der Waals surface area contributed by atoms with Gasteiger partial charge < -0.3 is 14.8 Å². The van der Waals surface area contributed by atoms with Crippen LogP contribution in [0.15, 0.2) is 48.0 Å². The monoisotopic (exact) mass is 413 g/mol. The van der Waals surface area contributed by atoms with Crippen LogP contribution in [0, 0.1) is 5.92 Å². The summed E-state index contributed by atoms with van der Waals surface area (Å²) in [6, 6.07) is 12.0. The van der Waals surface area contributed by atoms with Crippen molar-refractivity contribution in [1.29, 1.82) is 0 Å². The molecule has 0 aliphatic carbocycles. The van der Waals surface area contributed by atoms with E-state index in [4.69, 9.17) is 9.47 Å². The molecule has 1 N–H and O–H groups in total. The van der Waals surface area contributed by atoms with Gasteiger partial charge in [-0.3, -0.25) is 9.48 Å². The molecule has 0 bridgehead atoms. The molecule has 0 saturated heterocycles. The lowest BCUT2D eigenvalue weighted by molar-refractivity contribution is -0.145. The van der Waals surface area contributed by atoms with Crippen LogP contribution in [-0.2, 0) is 29.5 Å². The number of rotatable bonds is 10. The molecule has 6 nitrogen and oxygen atoms in total. The van der Waals surface area contributed by atoms with Gasteiger partial charge in [0.1, 0.15) is 11.4 Å². The van der Waals surface area contributed by atoms with E-state index in [9.17, 15) is 4.79 Å². The third-order valence-electron chi connectivity index (χ3n) is 4.62. The van der Waals surface area contributed by atoms with Crippen LogP contribution in [0.4, 0.5) is 0 Å². The Kier molecular flexibility index (Phi) is 7.43. The topological polar surface area (TPSA) is 65.4 Å². The van der Waals surface area contributed by atoms with E-state index in [0.717, 1.165) is 27.4 Å². The number of esters is 1. The normalized spacial score (nSPS) is 12.0. The highest BCUT2D eigenvalue weighted by Gasteiger charge is 2.20. The van der Waals surface area contributed by atoms with Crippen LogP contribution in [0.3, 0.4) is 0 Å². The molecule has 2 aromatic heterocycles. The molecule has 29 heavy (non-hydrogen) atoms. The summed E-state index contributed by atoms with van der Waals surface area (Å²) in [6.07, 6.45) is 2.62. The lowest BCUT2D eigenvalue weighted by Gasteiger charge is -2.16. The zero-order chi connectivity index (χ0) is 20.6. The van der Waals surface area contributed by atoms with E-state index in [-0.39, 0.29) is 11.9 Å². The summed E-state index contributed by atoms with van der Waals surface area (Å²) in [4.78, 5) is 13.4. The second-order valence-corrected chi connectivity index (χ2v) is 7.73. The summed E-state index contributed by atoms with van der Waals surface area (Å²) in [5.41, 5.74) is 3.17. The lowest BCUT2D eigenvalue weighted by atomic mass is 9.99. The number of thiophene rings is 1. The average Bonchev–Trinajstić information content (AvgIpc) is 3.37. The SMILES string of the molecule is CCOc1ccc(CC(CNCc2cn(C)nc2-c2cccs2)C(=O)OC)cc1. The van der Waals surface area contributed by atoms with Gasteiger partial charge in [-0.05, 0) is 42.5 Å². The van der Waals surface area contributed by atoms with E-state index in [1.54, 1.807) is 11.3 Å². The fourth-order valence-corrected chi connectivity index (χ4v) is 3.99. The van der Waals surface area contributed by atoms with Gasteiger partial charge in [0.15, 0.2) is 0 Å². The van der Waals surface area contributed by atoms with Crippen LogP contribution in [-0.4, -0.2) is 36.0 Å². The number of nitrogens with one attached hydrogen (secondary N) is 1. The van der Waals surface area contributed by atoms with Crippen LogP contribution in [0.2, 0.25) is 0 Å². The first kappa shape index (κ1) is 21.1. The smallest absolute Gasteiger partial charge is 0.310 e. The molecule has 1 aromatic carbocycles. The lowest BCUT2D eigenvalue weighted by Crippen LogP contribution is -2.30. The van der Waals surface area contributed by atoms with Crippen molar-refractivity contribution in [2.75, 3.05) is 20.3 Å². The van der Waals surface area contributed by atoms with Crippen LogP contribution < -0.4 is 10.1 Å². The molecule has 3 rings (SSSR count). The van der Waals surface area contributed by atoms with Gasteiger partial charge in [-0.1, -0.05) is 18.2 Å². The Labute approximate surface area is 175 Å². The van der Waals surface area contributed by atoms with Gasteiger partial charge in [0.25, 0.3) is 0 Å². The molecule has 0 saturated carbocycles. The number of aryl methyl sites for hydroxylation is 1. The minimum atomic E-state index is -0.264. The summed E-state index contributed by atoms with van der Waals surface area (Å²) < 4.78 is 12.3. The van der Waals surface area contributed by atoms with Gasteiger partial charge >= 0.3 is 5.97 Å². The zero-order valence-electron chi connectivity index (χ0n) is 17.1. The first-order chi connectivity index (χ1) is 14.1. The van der Waals surface area contributed by atoms with Gasteiger partial charge in [0.2, 0.25) is 0 Å². The minimum absolute atomic E-state index is 0.212. The maximum absolute atomic E-state index is 12.3. The van der Waals surface area contributed by atoms with E-state index in [2.05, 4.69) is 16.5 Å². The summed E-state index contributed by atoms with van der Waals surface area (Å²) in [5.74, 6) is 0.359. The minimum Gasteiger partial charge on any atom is -0.494 e. The second kappa shape index (κ2) is 10.2. The summed E-state index contributed by atoms with van der Waals surface area (Å²) in [7, 11) is 3.35. The molecule has 0 radical (unpaired) electrons. The van der Waals surface area contributed by atoms with E-state index < -0.39 is 0 Å². The Bertz CT molecular complexity index is 904. The van der Waals surface area contributed by atoms with Crippen LogP contribution in [0.5, 0.6) is 5.75 Å². The molecule has 7 heteroatoms. The van der Waals surface area contributed by atoms with Crippen molar-refractivity contribution < 1.29 is 14.3 Å². The Hall–Kier alpha value is -2.64. The molecule has 0 amide bonds. The van der Waals surface area contributed by atoms with Gasteiger partial charge in [-0.2, -0.15) is 5.10 Å². The highest BCUT2D eigenvalue weighted by Crippen LogP contribution is 2.26. The molecule has 2 heterocycles. The number of methoxy groups -OCH3 is 1. The van der Waals surface area contributed by atoms with Crippen LogP contribution in [0.25, 0.3) is 10.6 Å². The first-order valence-electron chi connectivity index (χ1n) is 9.67. The molecule has 1 unspecified atom stereocenters. The van der Waals surface area contributed by atoms with Gasteiger partial charge in [0.05, 0.1) is 24.5 Å². The molecule has 3 aromatic rings. The van der Waals surface area contributed by atoms with E-state index in [0.29, 0.717) is 26.1 Å². The van der Waals surface area contributed by atoms with E-state index in [1.165, 1.54) is 7.11 Å². The third kappa shape index (κ3) is 5.68. The molecule has 0 aliphatic heterocycles. The fourth-order valence-electron chi connectivity index (χ4n) is 3.25. The predicted octanol–water partition coefficient (Wildman–Crippen LogP) is 3.67. The van der Waals surface area contributed by atoms with Crippen molar-refractivity contribution in [3.63, 3.8) is 0 Å². The molecule has 0 aliphatic rings. The molecule has 0 fully saturated rings. The Morgan fingerprint density at radius 2 is 2.07 bits per heavy atom. The molecule has 154 valence electrons. The maximum atomic E-state index is 12.3. The zero-order valence-corrected chi connectivity index (χ0v) is 17.9. The number of carbonyl (C=O) groups is 1. The van der Waals surface area contributed by atoms with Gasteiger partial charge in [-0.15, -0.1) is 11.3 Å². The summed E-state index contributed by atoms with van der Waals surface area (Å²) in [6.45, 7) is 3.76. The van der Waals surface area contributed by atoms with Crippen molar-refractivity contribution in [2.24, 2.45) is 13.0 Å². The summed E-state index contributed by atoms with van der Waals surface area (Å²) >= 11 is 1.67. The van der Waals surface area contributed by atoms with E-state index in [1.807, 2.05) is 60.6 Å². The van der Waals surface area contributed by atoms with Crippen LogP contribution in [0.1, 0.15) is 18.1 Å². The van der Waals surface area contributed by atoms with Crippen molar-refractivity contribution >= 4 is 17.3 Å². The highest BCUT2D eigenvalue weighted by molar-refractivity contribution is 7.13. The number of nitrogens with zero attached hydrogens (tertiary/aromatic N) is 2. The molecular formula is C22H27N3O3S. The third-order valence-corrected chi connectivity index (χ3v) is 5.49. The first-order valence-corrected chi connectivity index (χ1v) is 10.5. The predicted molar refractivity (Wildman–Crippen MR) is 115 cm³/mol. The van der Waals surface area contributed by atoms with Crippen molar-refractivity contribution in [2.45, 2.75) is 19.9 Å². The highest BCUT2D eigenvalue weighted by atomic mass is 32.1. The number of aromatic nitrogens is 2. The standard InChI is InChI=1S/C22H27N3O3S/c1-4-28-19-9-7-16(8-10-19)12-17(22(26)27-3)13-23-14-18-15-25(2)24-21(18)20-6-5-11-29-20/h5-11,15,17,23H,4,12-14H2,1-3H3. The van der Waals surface area contributed by atoms with Gasteiger partial charge in [-0.25, -0.2) is 0 Å². The number of hydrogen-bond donors (Lipinski definition) is 1. The maximum Gasteiger partial charge on any atom is 0.310 e. The molecule has 1 atom stereocenters. The number of ether oxygens (including phenoxy) is 2. The Morgan fingerprint density at radius 3 is 2.72 bits per heavy atom. The van der Waals surface area contributed by atoms with Crippen molar-refractivity contribution in [3.8, 4) is 16.3 Å². The fraction of sp³-hybridized carbons (Fsp3) is 0.364. The second-order valence-electron chi connectivity index (χ2n) is 6.79. The largest absolute Gasteiger partial charge is 0.494 e. The van der Waals surface area contributed by atoms with Gasteiger partial charge in [0, 0.05) is 31.9 Å². The quantitative estimate of drug-likeness (QED) is 0.514. The van der Waals surface area contributed by atoms with Crippen molar-refractivity contribution in [1.82, 2.24) is 15.1 Å². The average molecular weight is 414 g/mol.